The minimum Gasteiger partial charge on any atom is -0.362 e. The second-order valence-electron chi connectivity index (χ2n) is 5.77. The van der Waals surface area contributed by atoms with E-state index in [-0.39, 0.29) is 5.78 Å². The van der Waals surface area contributed by atoms with Crippen LogP contribution in [0.3, 0.4) is 0 Å². The van der Waals surface area contributed by atoms with Crippen molar-refractivity contribution >= 4 is 27.4 Å². The molecule has 5 nitrogen and oxygen atoms in total. The molecule has 1 aliphatic heterocycles. The van der Waals surface area contributed by atoms with Gasteiger partial charge in [0, 0.05) is 22.5 Å². The average Bonchev–Trinajstić information content (AvgIpc) is 2.61. The first-order valence-electron chi connectivity index (χ1n) is 7.53. The third-order valence-electron chi connectivity index (χ3n) is 4.12. The molecule has 0 bridgehead atoms. The lowest BCUT2D eigenvalue weighted by atomic mass is 9.97. The summed E-state index contributed by atoms with van der Waals surface area (Å²) in [5.74, 6) is -0.361. The molecular weight excluding hydrogens is 372 g/mol. The molecule has 0 unspecified atom stereocenters. The van der Waals surface area contributed by atoms with Crippen molar-refractivity contribution in [3.05, 3.63) is 70.2 Å². The van der Waals surface area contributed by atoms with Crippen molar-refractivity contribution in [3.8, 4) is 0 Å². The molecule has 0 fully saturated rings. The van der Waals surface area contributed by atoms with Crippen LogP contribution in [0.4, 0.5) is 0 Å². The lowest BCUT2D eigenvalue weighted by molar-refractivity contribution is -0.266. The zero-order valence-electron chi connectivity index (χ0n) is 13.3. The van der Waals surface area contributed by atoms with Gasteiger partial charge in [0.1, 0.15) is 5.71 Å². The number of ketones is 1. The highest BCUT2D eigenvalue weighted by Gasteiger charge is 2.49. The highest BCUT2D eigenvalue weighted by atomic mass is 79.9. The molecule has 6 heteroatoms. The van der Waals surface area contributed by atoms with Crippen LogP contribution in [-0.2, 0) is 4.84 Å². The summed E-state index contributed by atoms with van der Waals surface area (Å²) in [6.45, 7) is 3.29. The Hall–Kier alpha value is -2.02. The van der Waals surface area contributed by atoms with E-state index in [2.05, 4.69) is 21.1 Å². The molecule has 1 N–H and O–H groups in total. The fourth-order valence-corrected chi connectivity index (χ4v) is 2.92. The molecule has 0 aromatic heterocycles. The van der Waals surface area contributed by atoms with Gasteiger partial charge in [0.05, 0.1) is 6.04 Å². The molecule has 1 heterocycles. The number of nitrogens with zero attached hydrogens (tertiary/aromatic N) is 2. The molecule has 124 valence electrons. The van der Waals surface area contributed by atoms with Crippen molar-refractivity contribution in [2.75, 3.05) is 0 Å². The van der Waals surface area contributed by atoms with Gasteiger partial charge >= 0.3 is 0 Å². The first kappa shape index (κ1) is 16.8. The average molecular weight is 389 g/mol. The Morgan fingerprint density at radius 3 is 2.46 bits per heavy atom. The number of hydrogen-bond donors (Lipinski definition) is 1. The Morgan fingerprint density at radius 2 is 1.83 bits per heavy atom. The van der Waals surface area contributed by atoms with Crippen LogP contribution in [0.5, 0.6) is 0 Å². The van der Waals surface area contributed by atoms with Crippen LogP contribution in [0.1, 0.15) is 29.8 Å². The summed E-state index contributed by atoms with van der Waals surface area (Å²) in [7, 11) is 0. The SMILES string of the molecule is C[C@H]1C(c2ccccc2)=NO[C@@](C)(C(=O)c2ccc(Br)cc2)N1O. The normalized spacial score (nSPS) is 24.2. The fourth-order valence-electron chi connectivity index (χ4n) is 2.66. The molecular formula is C18H17BrN2O3. The van der Waals surface area contributed by atoms with Crippen molar-refractivity contribution in [1.29, 1.82) is 0 Å². The van der Waals surface area contributed by atoms with Gasteiger partial charge in [-0.05, 0) is 19.1 Å². The maximum atomic E-state index is 12.8. The second-order valence-corrected chi connectivity index (χ2v) is 6.69. The van der Waals surface area contributed by atoms with Crippen LogP contribution in [0.2, 0.25) is 0 Å². The lowest BCUT2D eigenvalue weighted by Gasteiger charge is -2.40. The van der Waals surface area contributed by atoms with E-state index in [1.165, 1.54) is 6.92 Å². The van der Waals surface area contributed by atoms with Gasteiger partial charge in [-0.1, -0.05) is 63.6 Å². The number of hydroxylamine groups is 2. The van der Waals surface area contributed by atoms with Crippen LogP contribution in [0, 0.1) is 0 Å². The largest absolute Gasteiger partial charge is 0.362 e. The zero-order chi connectivity index (χ0) is 17.3. The number of benzene rings is 2. The van der Waals surface area contributed by atoms with Gasteiger partial charge < -0.3 is 10.0 Å². The van der Waals surface area contributed by atoms with Crippen LogP contribution in [-0.4, -0.2) is 33.5 Å². The molecule has 0 spiro atoms. The number of hydrogen-bond acceptors (Lipinski definition) is 5. The van der Waals surface area contributed by atoms with E-state index in [1.807, 2.05) is 30.3 Å². The zero-order valence-corrected chi connectivity index (χ0v) is 14.9. The summed E-state index contributed by atoms with van der Waals surface area (Å²) in [4.78, 5) is 18.3. The first-order chi connectivity index (χ1) is 11.4. The number of rotatable bonds is 3. The quantitative estimate of drug-likeness (QED) is 0.810. The van der Waals surface area contributed by atoms with E-state index < -0.39 is 11.8 Å². The van der Waals surface area contributed by atoms with E-state index in [0.717, 1.165) is 15.1 Å². The van der Waals surface area contributed by atoms with E-state index in [0.29, 0.717) is 11.3 Å². The van der Waals surface area contributed by atoms with Crippen LogP contribution >= 0.6 is 15.9 Å². The monoisotopic (exact) mass is 388 g/mol. The van der Waals surface area contributed by atoms with Crippen molar-refractivity contribution in [3.63, 3.8) is 0 Å². The molecule has 0 saturated heterocycles. The molecule has 2 atom stereocenters. The second kappa shape index (κ2) is 6.47. The van der Waals surface area contributed by atoms with Crippen LogP contribution in [0.25, 0.3) is 0 Å². The number of carbonyl (C=O) groups excluding carboxylic acids is 1. The topological polar surface area (TPSA) is 62.1 Å². The lowest BCUT2D eigenvalue weighted by Crippen LogP contribution is -2.60. The van der Waals surface area contributed by atoms with Crippen LogP contribution in [0.15, 0.2) is 64.2 Å². The van der Waals surface area contributed by atoms with Gasteiger partial charge in [-0.2, -0.15) is 0 Å². The summed E-state index contributed by atoms with van der Waals surface area (Å²) in [6.07, 6.45) is 0. The molecule has 2 aromatic rings. The molecule has 0 amide bonds. The first-order valence-corrected chi connectivity index (χ1v) is 8.33. The van der Waals surface area contributed by atoms with E-state index in [1.54, 1.807) is 31.2 Å². The van der Waals surface area contributed by atoms with Gasteiger partial charge in [0.2, 0.25) is 5.78 Å². The number of halogens is 1. The van der Waals surface area contributed by atoms with Crippen molar-refractivity contribution in [2.45, 2.75) is 25.6 Å². The molecule has 24 heavy (non-hydrogen) atoms. The molecule has 2 aromatic carbocycles. The summed E-state index contributed by atoms with van der Waals surface area (Å²) in [5.41, 5.74) is 0.262. The third kappa shape index (κ3) is 2.88. The number of oxime groups is 1. The Balaban J connectivity index is 1.93. The standard InChI is InChI=1S/C18H17BrN2O3/c1-12-16(13-6-4-3-5-7-13)20-24-18(2,21(12)23)17(22)14-8-10-15(19)11-9-14/h3-12,23H,1-2H3/t12-,18-/m0/s1. The molecule has 1 aliphatic rings. The van der Waals surface area contributed by atoms with E-state index in [4.69, 9.17) is 4.84 Å². The van der Waals surface area contributed by atoms with Crippen molar-refractivity contribution in [1.82, 2.24) is 5.06 Å². The van der Waals surface area contributed by atoms with E-state index >= 15 is 0 Å². The molecule has 3 rings (SSSR count). The predicted octanol–water partition coefficient (Wildman–Crippen LogP) is 3.86. The van der Waals surface area contributed by atoms with E-state index in [9.17, 15) is 10.0 Å². The summed E-state index contributed by atoms with van der Waals surface area (Å²) in [6, 6.07) is 15.8. The van der Waals surface area contributed by atoms with Gasteiger partial charge in [-0.15, -0.1) is 5.06 Å². The Labute approximate surface area is 148 Å². The smallest absolute Gasteiger partial charge is 0.272 e. The highest BCUT2D eigenvalue weighted by Crippen LogP contribution is 2.29. The Morgan fingerprint density at radius 1 is 1.21 bits per heavy atom. The minimum absolute atomic E-state index is 0.361. The number of Topliss-reactive ketones (excluding diaryl/α,β-unsaturated/α-hetero) is 1. The summed E-state index contributed by atoms with van der Waals surface area (Å²) in [5, 5.41) is 15.7. The van der Waals surface area contributed by atoms with Gasteiger partial charge in [0.25, 0.3) is 5.72 Å². The maximum Gasteiger partial charge on any atom is 0.272 e. The molecule has 0 aliphatic carbocycles. The van der Waals surface area contributed by atoms with Gasteiger partial charge in [-0.25, -0.2) is 0 Å². The summed E-state index contributed by atoms with van der Waals surface area (Å²) >= 11 is 3.33. The molecule has 0 saturated carbocycles. The van der Waals surface area contributed by atoms with Gasteiger partial charge in [-0.3, -0.25) is 4.79 Å². The fraction of sp³-hybridized carbons (Fsp3) is 0.222. The maximum absolute atomic E-state index is 12.8. The van der Waals surface area contributed by atoms with Crippen LogP contribution < -0.4 is 0 Å². The number of carbonyl (C=O) groups is 1. The highest BCUT2D eigenvalue weighted by molar-refractivity contribution is 9.10. The van der Waals surface area contributed by atoms with Gasteiger partial charge in [0.15, 0.2) is 0 Å². The Bertz CT molecular complexity index is 777. The molecule has 0 radical (unpaired) electrons. The summed E-state index contributed by atoms with van der Waals surface area (Å²) < 4.78 is 0.868. The minimum atomic E-state index is -1.58. The predicted molar refractivity (Wildman–Crippen MR) is 94.0 cm³/mol. The third-order valence-corrected chi connectivity index (χ3v) is 4.65. The van der Waals surface area contributed by atoms with Crippen molar-refractivity contribution < 1.29 is 14.8 Å². The van der Waals surface area contributed by atoms with Crippen molar-refractivity contribution in [2.24, 2.45) is 5.16 Å². The Kier molecular flexibility index (Phi) is 4.54.